The Balaban J connectivity index is 2.25. The van der Waals surface area contributed by atoms with Gasteiger partial charge in [-0.25, -0.2) is 4.98 Å². The van der Waals surface area contributed by atoms with Crippen LogP contribution < -0.4 is 10.6 Å². The van der Waals surface area contributed by atoms with E-state index in [9.17, 15) is 4.79 Å². The van der Waals surface area contributed by atoms with Gasteiger partial charge in [-0.2, -0.15) is 0 Å². The van der Waals surface area contributed by atoms with Crippen LogP contribution in [0.3, 0.4) is 0 Å². The van der Waals surface area contributed by atoms with Crippen LogP contribution >= 0.6 is 0 Å². The lowest BCUT2D eigenvalue weighted by Crippen LogP contribution is -2.15. The summed E-state index contributed by atoms with van der Waals surface area (Å²) in [5, 5.41) is 5.83. The fourth-order valence-electron chi connectivity index (χ4n) is 1.89. The summed E-state index contributed by atoms with van der Waals surface area (Å²) in [6.45, 7) is 3.94. The third-order valence-electron chi connectivity index (χ3n) is 2.96. The summed E-state index contributed by atoms with van der Waals surface area (Å²) in [5.74, 6) is 0.476. The highest BCUT2D eigenvalue weighted by Crippen LogP contribution is 2.20. The van der Waals surface area contributed by atoms with E-state index in [-0.39, 0.29) is 5.91 Å². The third-order valence-corrected chi connectivity index (χ3v) is 2.96. The molecule has 0 atom stereocenters. The molecule has 0 saturated carbocycles. The number of aromatic nitrogens is 1. The van der Waals surface area contributed by atoms with Crippen LogP contribution in [0, 0.1) is 13.8 Å². The number of carbonyl (C=O) groups excluding carboxylic acids is 1. The molecule has 19 heavy (non-hydrogen) atoms. The molecule has 0 aliphatic carbocycles. The van der Waals surface area contributed by atoms with Gasteiger partial charge in [-0.1, -0.05) is 24.3 Å². The van der Waals surface area contributed by atoms with Crippen molar-refractivity contribution in [2.45, 2.75) is 13.8 Å². The average molecular weight is 255 g/mol. The van der Waals surface area contributed by atoms with Crippen molar-refractivity contribution in [3.8, 4) is 0 Å². The molecule has 4 nitrogen and oxygen atoms in total. The molecule has 0 unspecified atom stereocenters. The lowest BCUT2D eigenvalue weighted by molar-refractivity contribution is 0.102. The minimum Gasteiger partial charge on any atom is -0.373 e. The number of nitrogens with zero attached hydrogens (tertiary/aromatic N) is 1. The predicted octanol–water partition coefficient (Wildman–Crippen LogP) is 2.99. The summed E-state index contributed by atoms with van der Waals surface area (Å²) in [5.41, 5.74) is 3.33. The second-order valence-electron chi connectivity index (χ2n) is 4.38. The maximum atomic E-state index is 12.2. The van der Waals surface area contributed by atoms with E-state index in [4.69, 9.17) is 0 Å². The first kappa shape index (κ1) is 13.1. The molecule has 1 aromatic carbocycles. The van der Waals surface area contributed by atoms with E-state index < -0.39 is 0 Å². The van der Waals surface area contributed by atoms with Crippen molar-refractivity contribution in [1.82, 2.24) is 4.98 Å². The zero-order valence-corrected chi connectivity index (χ0v) is 11.3. The van der Waals surface area contributed by atoms with Crippen LogP contribution in [0.5, 0.6) is 0 Å². The molecule has 4 heteroatoms. The number of nitrogens with one attached hydrogen (secondary N) is 2. The number of aryl methyl sites for hydroxylation is 2. The van der Waals surface area contributed by atoms with Crippen LogP contribution in [-0.4, -0.2) is 17.9 Å². The van der Waals surface area contributed by atoms with Gasteiger partial charge < -0.3 is 10.6 Å². The van der Waals surface area contributed by atoms with Crippen LogP contribution in [0.15, 0.2) is 36.4 Å². The van der Waals surface area contributed by atoms with Gasteiger partial charge in [0.1, 0.15) is 11.5 Å². The monoisotopic (exact) mass is 255 g/mol. The summed E-state index contributed by atoms with van der Waals surface area (Å²) in [6.07, 6.45) is 0. The highest BCUT2D eigenvalue weighted by molar-refractivity contribution is 6.03. The second kappa shape index (κ2) is 5.52. The number of benzene rings is 1. The summed E-state index contributed by atoms with van der Waals surface area (Å²) in [4.78, 5) is 16.4. The van der Waals surface area contributed by atoms with Crippen molar-refractivity contribution in [1.29, 1.82) is 0 Å². The zero-order valence-electron chi connectivity index (χ0n) is 11.3. The van der Waals surface area contributed by atoms with Crippen LogP contribution in [0.25, 0.3) is 0 Å². The second-order valence-corrected chi connectivity index (χ2v) is 4.38. The van der Waals surface area contributed by atoms with Gasteiger partial charge in [0, 0.05) is 12.7 Å². The Morgan fingerprint density at radius 3 is 2.32 bits per heavy atom. The molecule has 0 aliphatic rings. The van der Waals surface area contributed by atoms with Crippen LogP contribution in [-0.2, 0) is 0 Å². The highest BCUT2D eigenvalue weighted by Gasteiger charge is 2.11. The Bertz CT molecular complexity index is 588. The number of hydrogen-bond donors (Lipinski definition) is 2. The Hall–Kier alpha value is -2.36. The first-order valence-electron chi connectivity index (χ1n) is 6.14. The average Bonchev–Trinajstić information content (AvgIpc) is 2.43. The molecule has 0 saturated heterocycles. The fraction of sp³-hybridized carbons (Fsp3) is 0.200. The molecule has 0 aliphatic heterocycles. The van der Waals surface area contributed by atoms with E-state index in [1.807, 2.05) is 38.1 Å². The van der Waals surface area contributed by atoms with Crippen molar-refractivity contribution in [3.05, 3.63) is 53.2 Å². The Labute approximate surface area is 112 Å². The first-order chi connectivity index (χ1) is 9.11. The number of amides is 1. The molecule has 1 aromatic heterocycles. The molecule has 98 valence electrons. The van der Waals surface area contributed by atoms with Crippen molar-refractivity contribution < 1.29 is 4.79 Å². The predicted molar refractivity (Wildman–Crippen MR) is 77.7 cm³/mol. The molecule has 2 N–H and O–H groups in total. The smallest absolute Gasteiger partial charge is 0.274 e. The first-order valence-corrected chi connectivity index (χ1v) is 6.14. The van der Waals surface area contributed by atoms with E-state index in [1.54, 1.807) is 19.2 Å². The number of anilines is 2. The summed E-state index contributed by atoms with van der Waals surface area (Å²) in [6, 6.07) is 11.2. The molecule has 0 bridgehead atoms. The largest absolute Gasteiger partial charge is 0.373 e. The Kier molecular flexibility index (Phi) is 3.80. The number of para-hydroxylation sites is 1. The summed E-state index contributed by atoms with van der Waals surface area (Å²) in [7, 11) is 1.77. The van der Waals surface area contributed by atoms with Gasteiger partial charge in [0.25, 0.3) is 5.91 Å². The van der Waals surface area contributed by atoms with Gasteiger partial charge in [-0.3, -0.25) is 4.79 Å². The minimum atomic E-state index is -0.200. The lowest BCUT2D eigenvalue weighted by atomic mass is 10.1. The number of rotatable bonds is 3. The van der Waals surface area contributed by atoms with Crippen molar-refractivity contribution >= 4 is 17.4 Å². The molecule has 0 radical (unpaired) electrons. The zero-order chi connectivity index (χ0) is 13.8. The molecular formula is C15H17N3O. The quantitative estimate of drug-likeness (QED) is 0.886. The normalized spacial score (nSPS) is 10.1. The minimum absolute atomic E-state index is 0.200. The van der Waals surface area contributed by atoms with Gasteiger partial charge in [0.2, 0.25) is 0 Å². The highest BCUT2D eigenvalue weighted by atomic mass is 16.1. The van der Waals surface area contributed by atoms with Gasteiger partial charge in [-0.15, -0.1) is 0 Å². The molecule has 0 fully saturated rings. The topological polar surface area (TPSA) is 54.0 Å². The molecule has 1 amide bonds. The van der Waals surface area contributed by atoms with Gasteiger partial charge in [0.15, 0.2) is 0 Å². The summed E-state index contributed by atoms with van der Waals surface area (Å²) >= 11 is 0. The van der Waals surface area contributed by atoms with E-state index in [2.05, 4.69) is 15.6 Å². The van der Waals surface area contributed by atoms with Gasteiger partial charge in [-0.05, 0) is 37.1 Å². The fourth-order valence-corrected chi connectivity index (χ4v) is 1.89. The summed E-state index contributed by atoms with van der Waals surface area (Å²) < 4.78 is 0. The maximum absolute atomic E-state index is 12.2. The number of hydrogen-bond acceptors (Lipinski definition) is 3. The van der Waals surface area contributed by atoms with Crippen LogP contribution in [0.1, 0.15) is 21.6 Å². The van der Waals surface area contributed by atoms with E-state index >= 15 is 0 Å². The molecular weight excluding hydrogens is 238 g/mol. The Morgan fingerprint density at radius 2 is 1.68 bits per heavy atom. The lowest BCUT2D eigenvalue weighted by Gasteiger charge is -2.11. The SMILES string of the molecule is CNc1cccc(C(=O)Nc2c(C)cccc2C)n1. The van der Waals surface area contributed by atoms with Crippen LogP contribution in [0.4, 0.5) is 11.5 Å². The van der Waals surface area contributed by atoms with Gasteiger partial charge in [0.05, 0.1) is 0 Å². The Morgan fingerprint density at radius 1 is 1.05 bits per heavy atom. The van der Waals surface area contributed by atoms with E-state index in [1.165, 1.54) is 0 Å². The maximum Gasteiger partial charge on any atom is 0.274 e. The standard InChI is InChI=1S/C15H17N3O/c1-10-6-4-7-11(2)14(10)18-15(19)12-8-5-9-13(16-3)17-12/h4-9H,1-3H3,(H,16,17)(H,18,19). The third kappa shape index (κ3) is 2.91. The molecule has 1 heterocycles. The molecule has 2 rings (SSSR count). The van der Waals surface area contributed by atoms with E-state index in [0.717, 1.165) is 16.8 Å². The van der Waals surface area contributed by atoms with Crippen molar-refractivity contribution in [2.75, 3.05) is 17.7 Å². The number of carbonyl (C=O) groups is 1. The van der Waals surface area contributed by atoms with Gasteiger partial charge >= 0.3 is 0 Å². The number of pyridine rings is 1. The van der Waals surface area contributed by atoms with Crippen molar-refractivity contribution in [2.24, 2.45) is 0 Å². The van der Waals surface area contributed by atoms with E-state index in [0.29, 0.717) is 11.5 Å². The van der Waals surface area contributed by atoms with Crippen LogP contribution in [0.2, 0.25) is 0 Å². The van der Waals surface area contributed by atoms with Crippen molar-refractivity contribution in [3.63, 3.8) is 0 Å². The molecule has 2 aromatic rings. The molecule has 0 spiro atoms.